The summed E-state index contributed by atoms with van der Waals surface area (Å²) in [4.78, 5) is 24.2. The van der Waals surface area contributed by atoms with Gasteiger partial charge in [-0.05, 0) is 70.2 Å². The van der Waals surface area contributed by atoms with E-state index >= 15 is 0 Å². The second-order valence-corrected chi connectivity index (χ2v) is 11.8. The Morgan fingerprint density at radius 2 is 1.74 bits per heavy atom. The second-order valence-electron chi connectivity index (χ2n) is 11.4. The number of allylic oxidation sites excluding steroid dienone is 2. The molecule has 1 amide bonds. The number of carbonyl (C=O) groups is 1. The zero-order chi connectivity index (χ0) is 29.4. The third kappa shape index (κ3) is 8.66. The molecule has 0 saturated carbocycles. The van der Waals surface area contributed by atoms with Crippen LogP contribution in [0, 0.1) is 0 Å². The van der Waals surface area contributed by atoms with Gasteiger partial charge < -0.3 is 9.32 Å². The first-order valence-electron chi connectivity index (χ1n) is 13.6. The number of furan rings is 1. The molecule has 0 fully saturated rings. The molecule has 0 aliphatic heterocycles. The molecular formula is C33H44ClN3O2. The number of aromatic nitrogens is 1. The predicted molar refractivity (Wildman–Crippen MR) is 167 cm³/mol. The van der Waals surface area contributed by atoms with Crippen LogP contribution in [-0.4, -0.2) is 33.6 Å². The average Bonchev–Trinajstić information content (AvgIpc) is 3.30. The van der Waals surface area contributed by atoms with Gasteiger partial charge in [0.15, 0.2) is 11.3 Å². The maximum Gasteiger partial charge on any atom is 0.290 e. The Hall–Kier alpha value is -3.18. The van der Waals surface area contributed by atoms with Crippen molar-refractivity contribution in [2.24, 2.45) is 4.99 Å². The largest absolute Gasteiger partial charge is 0.449 e. The van der Waals surface area contributed by atoms with Crippen LogP contribution >= 0.6 is 11.6 Å². The number of fused-ring (bicyclic) bond motifs is 1. The van der Waals surface area contributed by atoms with E-state index in [1.807, 2.05) is 43.0 Å². The zero-order valence-corrected chi connectivity index (χ0v) is 25.8. The molecule has 0 spiro atoms. The number of aliphatic imine (C=N–C) groups is 1. The number of halogens is 1. The lowest BCUT2D eigenvalue weighted by atomic mass is 9.86. The maximum atomic E-state index is 13.5. The van der Waals surface area contributed by atoms with E-state index < -0.39 is 0 Å². The van der Waals surface area contributed by atoms with Crippen LogP contribution in [-0.2, 0) is 5.41 Å². The van der Waals surface area contributed by atoms with Crippen LogP contribution in [0.3, 0.4) is 0 Å². The number of amides is 1. The van der Waals surface area contributed by atoms with Crippen LogP contribution in [0.4, 0.5) is 0 Å². The van der Waals surface area contributed by atoms with Gasteiger partial charge in [-0.25, -0.2) is 4.98 Å². The van der Waals surface area contributed by atoms with E-state index in [2.05, 4.69) is 66.1 Å². The molecule has 3 aromatic rings. The monoisotopic (exact) mass is 549 g/mol. The summed E-state index contributed by atoms with van der Waals surface area (Å²) in [5.41, 5.74) is 4.86. The molecule has 0 atom stereocenters. The minimum Gasteiger partial charge on any atom is -0.449 e. The lowest BCUT2D eigenvalue weighted by Crippen LogP contribution is -2.47. The molecule has 210 valence electrons. The van der Waals surface area contributed by atoms with E-state index in [0.29, 0.717) is 28.4 Å². The third-order valence-electron chi connectivity index (χ3n) is 6.48. The number of nitrogens with zero attached hydrogens (tertiary/aromatic N) is 3. The molecule has 0 bridgehead atoms. The highest BCUT2D eigenvalue weighted by Gasteiger charge is 2.32. The van der Waals surface area contributed by atoms with E-state index in [4.69, 9.17) is 21.0 Å². The molecule has 0 N–H and O–H groups in total. The van der Waals surface area contributed by atoms with Crippen LogP contribution < -0.4 is 0 Å². The van der Waals surface area contributed by atoms with Gasteiger partial charge in [0.2, 0.25) is 0 Å². The molecule has 3 rings (SSSR count). The van der Waals surface area contributed by atoms with Crippen molar-refractivity contribution >= 4 is 34.3 Å². The van der Waals surface area contributed by atoms with E-state index in [1.54, 1.807) is 24.4 Å². The summed E-state index contributed by atoms with van der Waals surface area (Å²) in [7, 11) is 0. The highest BCUT2D eigenvalue weighted by Crippen LogP contribution is 2.35. The molecule has 2 aromatic heterocycles. The molecule has 0 aliphatic rings. The van der Waals surface area contributed by atoms with Crippen molar-refractivity contribution in [2.45, 2.75) is 86.1 Å². The molecule has 6 heteroatoms. The molecule has 5 nitrogen and oxygen atoms in total. The van der Waals surface area contributed by atoms with Crippen molar-refractivity contribution in [2.75, 3.05) is 6.54 Å². The summed E-state index contributed by atoms with van der Waals surface area (Å²) in [5.74, 6) is 0.260. The van der Waals surface area contributed by atoms with Gasteiger partial charge >= 0.3 is 0 Å². The van der Waals surface area contributed by atoms with Gasteiger partial charge in [0.1, 0.15) is 5.52 Å². The summed E-state index contributed by atoms with van der Waals surface area (Å²) in [6.07, 6.45) is 6.98. The molecule has 0 unspecified atom stereocenters. The summed E-state index contributed by atoms with van der Waals surface area (Å²) in [6, 6.07) is 11.5. The van der Waals surface area contributed by atoms with E-state index in [-0.39, 0.29) is 16.9 Å². The summed E-state index contributed by atoms with van der Waals surface area (Å²) >= 11 is 6.06. The summed E-state index contributed by atoms with van der Waals surface area (Å²) in [5, 5.41) is 0.687. The van der Waals surface area contributed by atoms with Gasteiger partial charge in [0, 0.05) is 46.2 Å². The van der Waals surface area contributed by atoms with E-state index in [9.17, 15) is 4.79 Å². The molecule has 2 heterocycles. The quantitative estimate of drug-likeness (QED) is 0.207. The van der Waals surface area contributed by atoms with Crippen molar-refractivity contribution in [1.82, 2.24) is 9.88 Å². The third-order valence-corrected chi connectivity index (χ3v) is 6.73. The number of hydrogen-bond donors (Lipinski definition) is 0. The van der Waals surface area contributed by atoms with Gasteiger partial charge in [0.25, 0.3) is 5.91 Å². The predicted octanol–water partition coefficient (Wildman–Crippen LogP) is 9.65. The fourth-order valence-electron chi connectivity index (χ4n) is 3.93. The number of carbonyl (C=O) groups excluding carboxylic acids is 1. The average molecular weight is 550 g/mol. The Morgan fingerprint density at radius 3 is 2.26 bits per heavy atom. The second kappa shape index (κ2) is 13.7. The Labute approximate surface area is 239 Å². The van der Waals surface area contributed by atoms with Gasteiger partial charge in [-0.2, -0.15) is 0 Å². The zero-order valence-electron chi connectivity index (χ0n) is 25.1. The smallest absolute Gasteiger partial charge is 0.290 e. The highest BCUT2D eigenvalue weighted by atomic mass is 35.5. The molecule has 0 radical (unpaired) electrons. The lowest BCUT2D eigenvalue weighted by molar-refractivity contribution is 0.0509. The first kappa shape index (κ1) is 32.0. The highest BCUT2D eigenvalue weighted by molar-refractivity contribution is 6.30. The van der Waals surface area contributed by atoms with Crippen LogP contribution in [0.2, 0.25) is 5.02 Å². The summed E-state index contributed by atoms with van der Waals surface area (Å²) in [6.45, 7) is 22.9. The van der Waals surface area contributed by atoms with Crippen molar-refractivity contribution in [3.05, 3.63) is 77.7 Å². The Balaban J connectivity index is 0.000000580. The lowest BCUT2D eigenvalue weighted by Gasteiger charge is -2.37. The molecule has 1 aromatic carbocycles. The number of hydrogen-bond acceptors (Lipinski definition) is 4. The van der Waals surface area contributed by atoms with Gasteiger partial charge in [0.05, 0.1) is 5.69 Å². The molecule has 0 saturated heterocycles. The number of rotatable bonds is 8. The minimum atomic E-state index is -0.249. The van der Waals surface area contributed by atoms with Gasteiger partial charge in [-0.3, -0.25) is 9.79 Å². The fraction of sp³-hybridized carbons (Fsp3) is 0.424. The van der Waals surface area contributed by atoms with Crippen molar-refractivity contribution in [3.8, 4) is 11.3 Å². The van der Waals surface area contributed by atoms with Gasteiger partial charge in [-0.1, -0.05) is 71.0 Å². The number of pyridine rings is 1. The molecular weight excluding hydrogens is 506 g/mol. The Morgan fingerprint density at radius 1 is 1.10 bits per heavy atom. The SMILES string of the molecule is C=C/C=C\N=C(C)C.CCCN(C(=O)c1cc2nc(-c3ccc(Cl)cc3)cc(C(C)(C)C)c2o1)C(C)(C)CC. The maximum absolute atomic E-state index is 13.5. The first-order valence-corrected chi connectivity index (χ1v) is 13.9. The number of benzene rings is 1. The first-order chi connectivity index (χ1) is 18.2. The van der Waals surface area contributed by atoms with E-state index in [0.717, 1.165) is 35.4 Å². The standard InChI is InChI=1S/C26H33ClN2O2.C7H11N/c1-8-14-29(26(6,7)9-2)24(30)22-16-21-23(31-22)19(25(3,4)5)15-20(28-21)17-10-12-18(27)13-11-17;1-4-5-6-8-7(2)3/h10-13,15-16H,8-9,14H2,1-7H3;4-6H,1H2,2-3H3/b;6-5-. The van der Waals surface area contributed by atoms with Crippen LogP contribution in [0.5, 0.6) is 0 Å². The van der Waals surface area contributed by atoms with Crippen LogP contribution in [0.15, 0.2) is 70.7 Å². The normalized spacial score (nSPS) is 11.7. The van der Waals surface area contributed by atoms with Crippen molar-refractivity contribution in [3.63, 3.8) is 0 Å². The Bertz CT molecular complexity index is 1320. The molecule has 0 aliphatic carbocycles. The minimum absolute atomic E-state index is 0.0837. The van der Waals surface area contributed by atoms with Crippen molar-refractivity contribution in [1.29, 1.82) is 0 Å². The van der Waals surface area contributed by atoms with Crippen LogP contribution in [0.1, 0.15) is 91.3 Å². The molecule has 39 heavy (non-hydrogen) atoms. The summed E-state index contributed by atoms with van der Waals surface area (Å²) < 4.78 is 6.19. The van der Waals surface area contributed by atoms with Crippen molar-refractivity contribution < 1.29 is 9.21 Å². The van der Waals surface area contributed by atoms with Crippen LogP contribution in [0.25, 0.3) is 22.4 Å². The fourth-order valence-corrected chi connectivity index (χ4v) is 4.06. The topological polar surface area (TPSA) is 58.7 Å². The van der Waals surface area contributed by atoms with Gasteiger partial charge in [-0.15, -0.1) is 0 Å². The Kier molecular flexibility index (Phi) is 11.3. The van der Waals surface area contributed by atoms with E-state index in [1.165, 1.54) is 0 Å².